The Morgan fingerprint density at radius 2 is 2.24 bits per heavy atom. The number of rotatable bonds is 3. The number of carboxylic acid groups (broad SMARTS) is 1. The second kappa shape index (κ2) is 4.20. The van der Waals surface area contributed by atoms with Crippen LogP contribution in [0.3, 0.4) is 0 Å². The maximum Gasteiger partial charge on any atom is 0.306 e. The molecule has 2 rings (SSSR count). The van der Waals surface area contributed by atoms with E-state index >= 15 is 0 Å². The van der Waals surface area contributed by atoms with Crippen LogP contribution in [-0.2, 0) is 17.8 Å². The number of carbonyl (C=O) groups excluding carboxylic acids is 1. The Hall–Kier alpha value is -1.84. The zero-order valence-corrected chi connectivity index (χ0v) is 9.93. The summed E-state index contributed by atoms with van der Waals surface area (Å²) in [5.74, 6) is -1.31. The van der Waals surface area contributed by atoms with Crippen LogP contribution in [0.15, 0.2) is 18.2 Å². The molecule has 4 heteroatoms. The highest BCUT2D eigenvalue weighted by molar-refractivity contribution is 5.99. The lowest BCUT2D eigenvalue weighted by molar-refractivity contribution is -0.141. The Morgan fingerprint density at radius 1 is 1.53 bits per heavy atom. The smallest absolute Gasteiger partial charge is 0.306 e. The van der Waals surface area contributed by atoms with E-state index in [1.807, 2.05) is 18.2 Å². The van der Waals surface area contributed by atoms with Gasteiger partial charge in [-0.05, 0) is 17.5 Å². The van der Waals surface area contributed by atoms with Crippen molar-refractivity contribution in [1.82, 2.24) is 4.90 Å². The van der Waals surface area contributed by atoms with Crippen LogP contribution in [0.4, 0.5) is 0 Å². The minimum atomic E-state index is -0.832. The van der Waals surface area contributed by atoms with Gasteiger partial charge < -0.3 is 10.0 Å². The first kappa shape index (κ1) is 11.6. The number of amides is 1. The molecule has 90 valence electrons. The van der Waals surface area contributed by atoms with Gasteiger partial charge in [-0.2, -0.15) is 0 Å². The predicted molar refractivity (Wildman–Crippen MR) is 62.7 cm³/mol. The number of fused-ring (bicyclic) bond motifs is 1. The average molecular weight is 233 g/mol. The Bertz CT molecular complexity index is 482. The van der Waals surface area contributed by atoms with E-state index in [0.717, 1.165) is 11.1 Å². The highest BCUT2D eigenvalue weighted by atomic mass is 16.4. The Kier molecular flexibility index (Phi) is 2.88. The molecule has 0 spiro atoms. The molecule has 1 amide bonds. The van der Waals surface area contributed by atoms with Gasteiger partial charge in [0.15, 0.2) is 0 Å². The van der Waals surface area contributed by atoms with E-state index in [1.165, 1.54) is 0 Å². The SMILES string of the molecule is CC(Cc1cccc2c1C(=O)N(C)C2)C(=O)O. The van der Waals surface area contributed by atoms with Crippen LogP contribution < -0.4 is 0 Å². The van der Waals surface area contributed by atoms with E-state index in [0.29, 0.717) is 18.5 Å². The first-order valence-corrected chi connectivity index (χ1v) is 5.59. The number of benzene rings is 1. The topological polar surface area (TPSA) is 57.6 Å². The number of carbonyl (C=O) groups is 2. The second-order valence-electron chi connectivity index (χ2n) is 4.56. The van der Waals surface area contributed by atoms with Crippen LogP contribution >= 0.6 is 0 Å². The largest absolute Gasteiger partial charge is 0.481 e. The molecular weight excluding hydrogens is 218 g/mol. The monoisotopic (exact) mass is 233 g/mol. The van der Waals surface area contributed by atoms with Crippen molar-refractivity contribution in [3.05, 3.63) is 34.9 Å². The van der Waals surface area contributed by atoms with Gasteiger partial charge in [-0.25, -0.2) is 0 Å². The summed E-state index contributed by atoms with van der Waals surface area (Å²) in [6, 6.07) is 5.65. The Labute approximate surface area is 99.9 Å². The van der Waals surface area contributed by atoms with E-state index in [2.05, 4.69) is 0 Å². The highest BCUT2D eigenvalue weighted by Crippen LogP contribution is 2.26. The fourth-order valence-corrected chi connectivity index (χ4v) is 2.17. The fraction of sp³-hybridized carbons (Fsp3) is 0.385. The predicted octanol–water partition coefficient (Wildman–Crippen LogP) is 1.54. The van der Waals surface area contributed by atoms with E-state index in [-0.39, 0.29) is 5.91 Å². The number of hydrogen-bond donors (Lipinski definition) is 1. The Morgan fingerprint density at radius 3 is 2.88 bits per heavy atom. The summed E-state index contributed by atoms with van der Waals surface area (Å²) in [6.45, 7) is 2.27. The van der Waals surface area contributed by atoms with Crippen LogP contribution in [-0.4, -0.2) is 28.9 Å². The van der Waals surface area contributed by atoms with E-state index in [4.69, 9.17) is 5.11 Å². The minimum absolute atomic E-state index is 0.00631. The quantitative estimate of drug-likeness (QED) is 0.861. The van der Waals surface area contributed by atoms with Gasteiger partial charge in [0.2, 0.25) is 0 Å². The van der Waals surface area contributed by atoms with Gasteiger partial charge in [-0.3, -0.25) is 9.59 Å². The standard InChI is InChI=1S/C13H15NO3/c1-8(13(16)17)6-9-4-3-5-10-7-14(2)12(15)11(9)10/h3-5,8H,6-7H2,1-2H3,(H,16,17). The molecular formula is C13H15NO3. The molecule has 1 aromatic carbocycles. The number of aliphatic carboxylic acids is 1. The van der Waals surface area contributed by atoms with Crippen molar-refractivity contribution in [3.63, 3.8) is 0 Å². The molecule has 0 fully saturated rings. The maximum absolute atomic E-state index is 11.9. The van der Waals surface area contributed by atoms with E-state index in [9.17, 15) is 9.59 Å². The molecule has 4 nitrogen and oxygen atoms in total. The van der Waals surface area contributed by atoms with Crippen molar-refractivity contribution in [2.24, 2.45) is 5.92 Å². The van der Waals surface area contributed by atoms with Gasteiger partial charge in [-0.1, -0.05) is 25.1 Å². The van der Waals surface area contributed by atoms with Gasteiger partial charge in [0.1, 0.15) is 0 Å². The van der Waals surface area contributed by atoms with Gasteiger partial charge in [0.25, 0.3) is 5.91 Å². The Balaban J connectivity index is 2.35. The molecule has 0 bridgehead atoms. The number of nitrogens with zero attached hydrogens (tertiary/aromatic N) is 1. The zero-order valence-electron chi connectivity index (χ0n) is 9.93. The van der Waals surface area contributed by atoms with Crippen LogP contribution in [0.2, 0.25) is 0 Å². The summed E-state index contributed by atoms with van der Waals surface area (Å²) in [4.78, 5) is 24.5. The molecule has 1 aliphatic rings. The summed E-state index contributed by atoms with van der Waals surface area (Å²) in [5, 5.41) is 8.91. The normalized spacial score (nSPS) is 15.9. The van der Waals surface area contributed by atoms with Gasteiger partial charge in [0, 0.05) is 19.2 Å². The minimum Gasteiger partial charge on any atom is -0.481 e. The third-order valence-electron chi connectivity index (χ3n) is 3.15. The summed E-state index contributed by atoms with van der Waals surface area (Å²) in [5.41, 5.74) is 2.53. The molecule has 1 aliphatic heterocycles. The van der Waals surface area contributed by atoms with Crippen molar-refractivity contribution in [1.29, 1.82) is 0 Å². The molecule has 17 heavy (non-hydrogen) atoms. The van der Waals surface area contributed by atoms with Gasteiger partial charge >= 0.3 is 5.97 Å². The van der Waals surface area contributed by atoms with Crippen LogP contribution in [0.5, 0.6) is 0 Å². The molecule has 0 aromatic heterocycles. The van der Waals surface area contributed by atoms with Crippen molar-refractivity contribution in [3.8, 4) is 0 Å². The van der Waals surface area contributed by atoms with Crippen molar-refractivity contribution < 1.29 is 14.7 Å². The lowest BCUT2D eigenvalue weighted by Gasteiger charge is -2.10. The van der Waals surface area contributed by atoms with Crippen molar-refractivity contribution in [2.75, 3.05) is 7.05 Å². The summed E-state index contributed by atoms with van der Waals surface area (Å²) < 4.78 is 0. The van der Waals surface area contributed by atoms with Crippen LogP contribution in [0.25, 0.3) is 0 Å². The molecule has 1 atom stereocenters. The molecule has 1 unspecified atom stereocenters. The number of carboxylic acids is 1. The summed E-state index contributed by atoms with van der Waals surface area (Å²) in [6.07, 6.45) is 0.401. The molecule has 0 radical (unpaired) electrons. The highest BCUT2D eigenvalue weighted by Gasteiger charge is 2.27. The third kappa shape index (κ3) is 2.02. The fourth-order valence-electron chi connectivity index (χ4n) is 2.17. The van der Waals surface area contributed by atoms with Crippen LogP contribution in [0, 0.1) is 5.92 Å². The molecule has 0 saturated carbocycles. The molecule has 1 heterocycles. The van der Waals surface area contributed by atoms with Crippen molar-refractivity contribution in [2.45, 2.75) is 19.9 Å². The van der Waals surface area contributed by atoms with Crippen LogP contribution in [0.1, 0.15) is 28.4 Å². The lowest BCUT2D eigenvalue weighted by Crippen LogP contribution is -2.19. The molecule has 0 saturated heterocycles. The molecule has 1 N–H and O–H groups in total. The number of hydrogen-bond acceptors (Lipinski definition) is 2. The molecule has 0 aliphatic carbocycles. The summed E-state index contributed by atoms with van der Waals surface area (Å²) >= 11 is 0. The first-order valence-electron chi connectivity index (χ1n) is 5.59. The maximum atomic E-state index is 11.9. The van der Waals surface area contributed by atoms with Gasteiger partial charge in [-0.15, -0.1) is 0 Å². The van der Waals surface area contributed by atoms with Gasteiger partial charge in [0.05, 0.1) is 5.92 Å². The first-order chi connectivity index (χ1) is 8.00. The lowest BCUT2D eigenvalue weighted by atomic mass is 9.95. The third-order valence-corrected chi connectivity index (χ3v) is 3.15. The second-order valence-corrected chi connectivity index (χ2v) is 4.56. The van der Waals surface area contributed by atoms with E-state index in [1.54, 1.807) is 18.9 Å². The summed E-state index contributed by atoms with van der Waals surface area (Å²) in [7, 11) is 1.76. The average Bonchev–Trinajstić information content (AvgIpc) is 2.56. The zero-order chi connectivity index (χ0) is 12.6. The molecule has 1 aromatic rings. The van der Waals surface area contributed by atoms with E-state index < -0.39 is 11.9 Å². The van der Waals surface area contributed by atoms with Crippen molar-refractivity contribution >= 4 is 11.9 Å².